The molecular weight excluding hydrogens is 443 g/mol. The normalized spacial score (nSPS) is 11.9. The minimum absolute atomic E-state index is 0.00670. The monoisotopic (exact) mass is 455 g/mol. The van der Waals surface area contributed by atoms with Crippen LogP contribution in [0.25, 0.3) is 10.4 Å². The standard InChI is InChI=1S/C20H13Cl2F2NO3S/c21-12-4-1-10(2-5-12)18-17(20(27)28)16(9-29-18)25-19(26)15(24)7-11-3-6-13(23)8-14(11)22/h1-6,8-9,15H,7H2,(H,25,26)(H,27,28). The fourth-order valence-electron chi connectivity index (χ4n) is 2.66. The Kier molecular flexibility index (Phi) is 6.52. The van der Waals surface area contributed by atoms with Crippen molar-refractivity contribution in [2.75, 3.05) is 5.32 Å². The second-order valence-corrected chi connectivity index (χ2v) is 7.79. The van der Waals surface area contributed by atoms with Crippen molar-refractivity contribution in [3.05, 3.63) is 74.8 Å². The number of carboxylic acids is 1. The number of carbonyl (C=O) groups excluding carboxylic acids is 1. The van der Waals surface area contributed by atoms with Gasteiger partial charge >= 0.3 is 5.97 Å². The zero-order valence-corrected chi connectivity index (χ0v) is 16.9. The molecule has 2 aromatic carbocycles. The molecule has 0 spiro atoms. The number of hydrogen-bond acceptors (Lipinski definition) is 3. The van der Waals surface area contributed by atoms with E-state index in [4.69, 9.17) is 23.2 Å². The van der Waals surface area contributed by atoms with E-state index in [2.05, 4.69) is 5.32 Å². The van der Waals surface area contributed by atoms with Crippen molar-refractivity contribution >= 4 is 52.1 Å². The minimum atomic E-state index is -2.00. The highest BCUT2D eigenvalue weighted by Gasteiger charge is 2.25. The third-order valence-corrected chi connectivity index (χ3v) is 5.70. The molecule has 0 aliphatic carbocycles. The summed E-state index contributed by atoms with van der Waals surface area (Å²) < 4.78 is 27.5. The predicted octanol–water partition coefficient (Wildman–Crippen LogP) is 6.08. The average molecular weight is 456 g/mol. The van der Waals surface area contributed by atoms with Crippen LogP contribution in [0.4, 0.5) is 14.5 Å². The third-order valence-electron chi connectivity index (χ3n) is 4.07. The number of halogens is 4. The number of hydrogen-bond donors (Lipinski definition) is 2. The molecule has 29 heavy (non-hydrogen) atoms. The molecule has 0 aliphatic rings. The van der Waals surface area contributed by atoms with Gasteiger partial charge in [-0.25, -0.2) is 13.6 Å². The molecule has 3 aromatic rings. The molecule has 4 nitrogen and oxygen atoms in total. The Morgan fingerprint density at radius 2 is 1.83 bits per heavy atom. The van der Waals surface area contributed by atoms with Crippen LogP contribution in [0.15, 0.2) is 47.8 Å². The van der Waals surface area contributed by atoms with Gasteiger partial charge in [0.1, 0.15) is 11.4 Å². The average Bonchev–Trinajstić information content (AvgIpc) is 3.08. The van der Waals surface area contributed by atoms with E-state index in [1.807, 2.05) is 0 Å². The Bertz CT molecular complexity index is 1070. The summed E-state index contributed by atoms with van der Waals surface area (Å²) in [7, 11) is 0. The highest BCUT2D eigenvalue weighted by atomic mass is 35.5. The Balaban J connectivity index is 1.81. The number of anilines is 1. The van der Waals surface area contributed by atoms with E-state index >= 15 is 0 Å². The first-order chi connectivity index (χ1) is 13.8. The van der Waals surface area contributed by atoms with Crippen LogP contribution in [0.1, 0.15) is 15.9 Å². The summed E-state index contributed by atoms with van der Waals surface area (Å²) in [5, 5.41) is 13.8. The van der Waals surface area contributed by atoms with Gasteiger partial charge in [-0.3, -0.25) is 4.79 Å². The van der Waals surface area contributed by atoms with Crippen molar-refractivity contribution in [1.29, 1.82) is 0 Å². The maximum absolute atomic E-state index is 14.4. The lowest BCUT2D eigenvalue weighted by atomic mass is 10.1. The smallest absolute Gasteiger partial charge is 0.339 e. The van der Waals surface area contributed by atoms with Crippen LogP contribution in [0.2, 0.25) is 10.0 Å². The van der Waals surface area contributed by atoms with Crippen LogP contribution < -0.4 is 5.32 Å². The van der Waals surface area contributed by atoms with E-state index in [1.165, 1.54) is 11.4 Å². The summed E-state index contributed by atoms with van der Waals surface area (Å²) in [5.74, 6) is -2.85. The van der Waals surface area contributed by atoms with Crippen LogP contribution >= 0.6 is 34.5 Å². The van der Waals surface area contributed by atoms with Gasteiger partial charge in [0.2, 0.25) is 0 Å². The lowest BCUT2D eigenvalue weighted by molar-refractivity contribution is -0.120. The maximum Gasteiger partial charge on any atom is 0.339 e. The number of thiophene rings is 1. The number of carboxylic acid groups (broad SMARTS) is 1. The number of rotatable bonds is 6. The summed E-state index contributed by atoms with van der Waals surface area (Å²) in [5.41, 5.74) is 0.719. The van der Waals surface area contributed by atoms with Crippen molar-refractivity contribution in [1.82, 2.24) is 0 Å². The quantitative estimate of drug-likeness (QED) is 0.473. The van der Waals surface area contributed by atoms with Gasteiger partial charge in [-0.15, -0.1) is 11.3 Å². The molecule has 1 unspecified atom stereocenters. The molecule has 0 radical (unpaired) electrons. The molecule has 9 heteroatoms. The topological polar surface area (TPSA) is 66.4 Å². The molecule has 0 saturated heterocycles. The van der Waals surface area contributed by atoms with Gasteiger partial charge in [0.25, 0.3) is 5.91 Å². The SMILES string of the molecule is O=C(O)c1c(NC(=O)C(F)Cc2ccc(F)cc2Cl)csc1-c1ccc(Cl)cc1. The maximum atomic E-state index is 14.4. The van der Waals surface area contributed by atoms with Crippen molar-refractivity contribution in [2.45, 2.75) is 12.6 Å². The van der Waals surface area contributed by atoms with E-state index in [9.17, 15) is 23.5 Å². The zero-order chi connectivity index (χ0) is 21.1. The first kappa shape index (κ1) is 21.2. The first-order valence-electron chi connectivity index (χ1n) is 8.26. The molecule has 0 saturated carbocycles. The molecule has 2 N–H and O–H groups in total. The van der Waals surface area contributed by atoms with Crippen LogP contribution in [0.3, 0.4) is 0 Å². The third kappa shape index (κ3) is 4.93. The number of aromatic carboxylic acids is 1. The van der Waals surface area contributed by atoms with Gasteiger partial charge in [-0.2, -0.15) is 0 Å². The largest absolute Gasteiger partial charge is 0.478 e. The van der Waals surface area contributed by atoms with Gasteiger partial charge in [0.15, 0.2) is 6.17 Å². The lowest BCUT2D eigenvalue weighted by Crippen LogP contribution is -2.26. The van der Waals surface area contributed by atoms with Crippen LogP contribution in [0, 0.1) is 5.82 Å². The van der Waals surface area contributed by atoms with Gasteiger partial charge in [-0.1, -0.05) is 41.4 Å². The Hall–Kier alpha value is -2.48. The Labute approximate surface area is 178 Å². The number of amides is 1. The van der Waals surface area contributed by atoms with Crippen molar-refractivity contribution in [3.8, 4) is 10.4 Å². The molecule has 1 atom stereocenters. The van der Waals surface area contributed by atoms with Crippen LogP contribution in [0.5, 0.6) is 0 Å². The van der Waals surface area contributed by atoms with Crippen LogP contribution in [-0.2, 0) is 11.2 Å². The Morgan fingerprint density at radius 3 is 2.45 bits per heavy atom. The molecular formula is C20H13Cl2F2NO3S. The van der Waals surface area contributed by atoms with E-state index in [0.29, 0.717) is 15.5 Å². The van der Waals surface area contributed by atoms with Gasteiger partial charge < -0.3 is 10.4 Å². The fourth-order valence-corrected chi connectivity index (χ4v) is 4.03. The van der Waals surface area contributed by atoms with Crippen molar-refractivity contribution in [3.63, 3.8) is 0 Å². The second kappa shape index (κ2) is 8.90. The molecule has 0 bridgehead atoms. The summed E-state index contributed by atoms with van der Waals surface area (Å²) in [4.78, 5) is 24.4. The number of carbonyl (C=O) groups is 2. The number of alkyl halides is 1. The van der Waals surface area contributed by atoms with E-state index in [-0.39, 0.29) is 28.3 Å². The van der Waals surface area contributed by atoms with Gasteiger partial charge in [0, 0.05) is 21.8 Å². The first-order valence-corrected chi connectivity index (χ1v) is 9.89. The molecule has 0 aliphatic heterocycles. The molecule has 0 fully saturated rings. The van der Waals surface area contributed by atoms with E-state index in [1.54, 1.807) is 24.3 Å². The minimum Gasteiger partial charge on any atom is -0.478 e. The number of benzene rings is 2. The highest BCUT2D eigenvalue weighted by Crippen LogP contribution is 2.36. The second-order valence-electron chi connectivity index (χ2n) is 6.06. The van der Waals surface area contributed by atoms with Crippen LogP contribution in [-0.4, -0.2) is 23.2 Å². The fraction of sp³-hybridized carbons (Fsp3) is 0.100. The zero-order valence-electron chi connectivity index (χ0n) is 14.6. The molecule has 3 rings (SSSR count). The summed E-state index contributed by atoms with van der Waals surface area (Å²) in [6, 6.07) is 9.98. The summed E-state index contributed by atoms with van der Waals surface area (Å²) >= 11 is 12.8. The van der Waals surface area contributed by atoms with Crippen molar-refractivity contribution in [2.24, 2.45) is 0 Å². The van der Waals surface area contributed by atoms with Gasteiger partial charge in [-0.05, 0) is 35.4 Å². The Morgan fingerprint density at radius 1 is 1.14 bits per heavy atom. The number of nitrogens with one attached hydrogen (secondary N) is 1. The lowest BCUT2D eigenvalue weighted by Gasteiger charge is -2.11. The van der Waals surface area contributed by atoms with Gasteiger partial charge in [0.05, 0.1) is 10.6 Å². The molecule has 1 amide bonds. The summed E-state index contributed by atoms with van der Waals surface area (Å²) in [6.07, 6.45) is -2.37. The van der Waals surface area contributed by atoms with Crippen molar-refractivity contribution < 1.29 is 23.5 Å². The predicted molar refractivity (Wildman–Crippen MR) is 110 cm³/mol. The highest BCUT2D eigenvalue weighted by molar-refractivity contribution is 7.14. The molecule has 150 valence electrons. The molecule has 1 aromatic heterocycles. The van der Waals surface area contributed by atoms with E-state index in [0.717, 1.165) is 23.5 Å². The molecule has 1 heterocycles. The summed E-state index contributed by atoms with van der Waals surface area (Å²) in [6.45, 7) is 0. The van der Waals surface area contributed by atoms with E-state index < -0.39 is 23.9 Å².